The molecule has 1 unspecified atom stereocenters. The summed E-state index contributed by atoms with van der Waals surface area (Å²) in [6.07, 6.45) is 1.09. The second kappa shape index (κ2) is 3.85. The Kier molecular flexibility index (Phi) is 2.65. The molecule has 1 aliphatic rings. The zero-order valence-corrected chi connectivity index (χ0v) is 8.42. The monoisotopic (exact) mass is 228 g/mol. The number of halogens is 3. The Labute approximate surface area is 90.9 Å². The van der Waals surface area contributed by atoms with Crippen LogP contribution in [0.15, 0.2) is 24.3 Å². The van der Waals surface area contributed by atoms with Gasteiger partial charge in [-0.05, 0) is 12.0 Å². The second-order valence-electron chi connectivity index (χ2n) is 3.90. The summed E-state index contributed by atoms with van der Waals surface area (Å²) in [5.74, 6) is -0.0471. The van der Waals surface area contributed by atoms with Crippen molar-refractivity contribution in [3.63, 3.8) is 0 Å². The van der Waals surface area contributed by atoms with E-state index in [9.17, 15) is 17.7 Å². The third kappa shape index (κ3) is 2.20. The van der Waals surface area contributed by atoms with E-state index in [0.29, 0.717) is 12.8 Å². The van der Waals surface area contributed by atoms with Crippen LogP contribution >= 0.6 is 0 Å². The number of carbonyl (C=O) groups excluding carboxylic acids is 1. The summed E-state index contributed by atoms with van der Waals surface area (Å²) in [5, 5.41) is 2.71. The maximum Gasteiger partial charge on any atom is 0.509 e. The summed E-state index contributed by atoms with van der Waals surface area (Å²) in [5.41, 5.74) is 0.128. The van der Waals surface area contributed by atoms with Crippen LogP contribution in [0.25, 0.3) is 0 Å². The molecule has 0 aliphatic carbocycles. The van der Waals surface area contributed by atoms with Gasteiger partial charge in [-0.2, -0.15) is 0 Å². The fraction of sp³-hybridized carbons (Fsp3) is 0.300. The molecule has 1 atom stereocenters. The molecular weight excluding hydrogens is 218 g/mol. The average molecular weight is 228 g/mol. The molecule has 0 bridgehead atoms. The first kappa shape index (κ1) is 11.0. The smallest absolute Gasteiger partial charge is 0.445 e. The zero-order valence-electron chi connectivity index (χ0n) is 8.42. The van der Waals surface area contributed by atoms with Gasteiger partial charge in [-0.15, -0.1) is 5.46 Å². The molecule has 0 spiro atoms. The first-order chi connectivity index (χ1) is 7.47. The van der Waals surface area contributed by atoms with Gasteiger partial charge in [-0.1, -0.05) is 24.3 Å². The largest absolute Gasteiger partial charge is 0.509 e. The highest BCUT2D eigenvalue weighted by molar-refractivity contribution is 6.73. The van der Waals surface area contributed by atoms with Gasteiger partial charge in [0.15, 0.2) is 0 Å². The van der Waals surface area contributed by atoms with Crippen LogP contribution < -0.4 is 10.8 Å². The molecule has 0 radical (unpaired) electrons. The summed E-state index contributed by atoms with van der Waals surface area (Å²) < 4.78 is 37.1. The van der Waals surface area contributed by atoms with Gasteiger partial charge >= 0.3 is 6.98 Å². The quantitative estimate of drug-likeness (QED) is 0.766. The summed E-state index contributed by atoms with van der Waals surface area (Å²) >= 11 is 0. The van der Waals surface area contributed by atoms with E-state index < -0.39 is 12.4 Å². The Morgan fingerprint density at radius 3 is 2.25 bits per heavy atom. The van der Waals surface area contributed by atoms with Gasteiger partial charge in [-0.25, -0.2) is 0 Å². The highest BCUT2D eigenvalue weighted by Crippen LogP contribution is 2.23. The minimum Gasteiger partial charge on any atom is -0.445 e. The van der Waals surface area contributed by atoms with Crippen LogP contribution in [0.1, 0.15) is 24.4 Å². The van der Waals surface area contributed by atoms with Crippen molar-refractivity contribution in [1.29, 1.82) is 0 Å². The summed E-state index contributed by atoms with van der Waals surface area (Å²) in [6.45, 7) is -4.93. The number of amides is 1. The summed E-state index contributed by atoms with van der Waals surface area (Å²) in [7, 11) is 0. The fourth-order valence-corrected chi connectivity index (χ4v) is 1.81. The van der Waals surface area contributed by atoms with Crippen molar-refractivity contribution < 1.29 is 17.7 Å². The maximum absolute atomic E-state index is 12.4. The van der Waals surface area contributed by atoms with E-state index in [0.717, 1.165) is 17.7 Å². The van der Waals surface area contributed by atoms with Gasteiger partial charge < -0.3 is 18.3 Å². The molecule has 6 heteroatoms. The van der Waals surface area contributed by atoms with Crippen molar-refractivity contribution in [3.8, 4) is 0 Å². The standard InChI is InChI=1S/C10H10BF3NO/c12-11(13,14)8-3-1-7(2-4-8)9-5-6-10(16)15-9/h1-4,9H,5-6H2,(H,15,16)/q-1. The SMILES string of the molecule is O=C1CCC(c2ccc([B-](F)(F)F)cc2)N1. The van der Waals surface area contributed by atoms with E-state index in [1.54, 1.807) is 0 Å². The Balaban J connectivity index is 2.17. The Morgan fingerprint density at radius 2 is 1.81 bits per heavy atom. The molecule has 1 amide bonds. The van der Waals surface area contributed by atoms with Gasteiger partial charge in [0.2, 0.25) is 5.91 Å². The van der Waals surface area contributed by atoms with Crippen LogP contribution in [0.5, 0.6) is 0 Å². The normalized spacial score (nSPS) is 20.9. The first-order valence-corrected chi connectivity index (χ1v) is 5.06. The molecular formula is C10H10BF3NO-. The predicted molar refractivity (Wildman–Crippen MR) is 55.3 cm³/mol. The highest BCUT2D eigenvalue weighted by atomic mass is 19.4. The number of hydrogen-bond acceptors (Lipinski definition) is 1. The van der Waals surface area contributed by atoms with Gasteiger partial charge in [0.05, 0.1) is 6.04 Å². The number of nitrogens with one attached hydrogen (secondary N) is 1. The van der Waals surface area contributed by atoms with Crippen LogP contribution in [0.4, 0.5) is 12.9 Å². The van der Waals surface area contributed by atoms with E-state index in [1.165, 1.54) is 12.1 Å². The minimum atomic E-state index is -4.93. The number of carbonyl (C=O) groups is 1. The van der Waals surface area contributed by atoms with Crippen molar-refractivity contribution in [2.45, 2.75) is 18.9 Å². The van der Waals surface area contributed by atoms with Crippen molar-refractivity contribution in [2.24, 2.45) is 0 Å². The lowest BCUT2D eigenvalue weighted by Gasteiger charge is -2.16. The first-order valence-electron chi connectivity index (χ1n) is 5.06. The molecule has 16 heavy (non-hydrogen) atoms. The zero-order chi connectivity index (χ0) is 11.8. The van der Waals surface area contributed by atoms with Crippen molar-refractivity contribution in [1.82, 2.24) is 5.32 Å². The molecule has 2 rings (SSSR count). The summed E-state index contributed by atoms with van der Waals surface area (Å²) in [4.78, 5) is 11.0. The third-order valence-corrected chi connectivity index (χ3v) is 2.71. The van der Waals surface area contributed by atoms with Gasteiger partial charge in [0, 0.05) is 6.42 Å². The van der Waals surface area contributed by atoms with Gasteiger partial charge in [0.1, 0.15) is 0 Å². The topological polar surface area (TPSA) is 29.1 Å². The number of rotatable bonds is 2. The molecule has 1 saturated heterocycles. The van der Waals surface area contributed by atoms with E-state index >= 15 is 0 Å². The van der Waals surface area contributed by atoms with Crippen LogP contribution in [0.3, 0.4) is 0 Å². The molecule has 86 valence electrons. The van der Waals surface area contributed by atoms with E-state index in [2.05, 4.69) is 5.32 Å². The van der Waals surface area contributed by atoms with Crippen LogP contribution in [-0.2, 0) is 4.79 Å². The van der Waals surface area contributed by atoms with Crippen molar-refractivity contribution in [3.05, 3.63) is 29.8 Å². The Bertz CT molecular complexity index is 402. The second-order valence-corrected chi connectivity index (χ2v) is 3.90. The summed E-state index contributed by atoms with van der Waals surface area (Å²) in [6, 6.07) is 4.86. The lowest BCUT2D eigenvalue weighted by atomic mass is 9.79. The number of hydrogen-bond donors (Lipinski definition) is 1. The van der Waals surface area contributed by atoms with E-state index in [1.807, 2.05) is 0 Å². The molecule has 2 nitrogen and oxygen atoms in total. The van der Waals surface area contributed by atoms with Crippen LogP contribution in [-0.4, -0.2) is 12.9 Å². The molecule has 1 heterocycles. The highest BCUT2D eigenvalue weighted by Gasteiger charge is 2.26. The lowest BCUT2D eigenvalue weighted by molar-refractivity contribution is -0.119. The Hall–Kier alpha value is -1.46. The third-order valence-electron chi connectivity index (χ3n) is 2.71. The van der Waals surface area contributed by atoms with E-state index in [-0.39, 0.29) is 11.9 Å². The van der Waals surface area contributed by atoms with Crippen molar-refractivity contribution >= 4 is 18.3 Å². The maximum atomic E-state index is 12.4. The lowest BCUT2D eigenvalue weighted by Crippen LogP contribution is -2.33. The average Bonchev–Trinajstić information content (AvgIpc) is 2.64. The predicted octanol–water partition coefficient (Wildman–Crippen LogP) is 1.69. The van der Waals surface area contributed by atoms with Gasteiger partial charge in [-0.3, -0.25) is 4.79 Å². The fourth-order valence-electron chi connectivity index (χ4n) is 1.81. The minimum absolute atomic E-state index is 0.0471. The molecule has 1 aliphatic heterocycles. The van der Waals surface area contributed by atoms with Gasteiger partial charge in [0.25, 0.3) is 0 Å². The van der Waals surface area contributed by atoms with E-state index in [4.69, 9.17) is 0 Å². The van der Waals surface area contributed by atoms with Crippen molar-refractivity contribution in [2.75, 3.05) is 0 Å². The Morgan fingerprint density at radius 1 is 1.19 bits per heavy atom. The molecule has 0 aromatic heterocycles. The van der Waals surface area contributed by atoms with Crippen LogP contribution in [0, 0.1) is 0 Å². The molecule has 1 fully saturated rings. The molecule has 1 N–H and O–H groups in total. The molecule has 1 aromatic rings. The molecule has 0 saturated carbocycles. The van der Waals surface area contributed by atoms with Crippen LogP contribution in [0.2, 0.25) is 0 Å². The number of benzene rings is 1. The molecule has 1 aromatic carbocycles.